The van der Waals surface area contributed by atoms with Crippen LogP contribution >= 0.6 is 0 Å². The van der Waals surface area contributed by atoms with E-state index >= 15 is 0 Å². The lowest BCUT2D eigenvalue weighted by Crippen LogP contribution is -2.26. The van der Waals surface area contributed by atoms with Crippen molar-refractivity contribution in [2.45, 2.75) is 26.7 Å². The molecule has 0 aromatic rings. The van der Waals surface area contributed by atoms with Crippen molar-refractivity contribution in [3.05, 3.63) is 0 Å². The minimum Gasteiger partial charge on any atom is -0.317 e. The molecule has 10 heavy (non-hydrogen) atoms. The smallest absolute Gasteiger partial charge is 0.0621 e. The predicted octanol–water partition coefficient (Wildman–Crippen LogP) is 1.30. The molecule has 0 radical (unpaired) electrons. The summed E-state index contributed by atoms with van der Waals surface area (Å²) in [5.74, 6) is 0. The Morgan fingerprint density at radius 1 is 1.60 bits per heavy atom. The van der Waals surface area contributed by atoms with Crippen LogP contribution < -0.4 is 5.48 Å². The molecule has 0 aromatic carbocycles. The van der Waals surface area contributed by atoms with Crippen LogP contribution in [-0.4, -0.2) is 11.8 Å². The Balaban J connectivity index is 3.54. The SMILES string of the molecule is CC(C)(CCC#N)CNO. The van der Waals surface area contributed by atoms with E-state index in [-0.39, 0.29) is 5.41 Å². The molecule has 0 atom stereocenters. The summed E-state index contributed by atoms with van der Waals surface area (Å²) in [7, 11) is 0. The van der Waals surface area contributed by atoms with E-state index in [2.05, 4.69) is 11.5 Å². The molecule has 0 aromatic heterocycles. The first-order chi connectivity index (χ1) is 4.62. The number of nitrogens with zero attached hydrogens (tertiary/aromatic N) is 1. The third-order valence-corrected chi connectivity index (χ3v) is 1.47. The van der Waals surface area contributed by atoms with Gasteiger partial charge < -0.3 is 5.21 Å². The molecule has 58 valence electrons. The molecule has 0 heterocycles. The van der Waals surface area contributed by atoms with Crippen LogP contribution in [0.15, 0.2) is 0 Å². The van der Waals surface area contributed by atoms with Gasteiger partial charge in [-0.3, -0.25) is 0 Å². The van der Waals surface area contributed by atoms with Crippen LogP contribution in [0.3, 0.4) is 0 Å². The molecule has 0 aliphatic heterocycles. The molecule has 0 amide bonds. The van der Waals surface area contributed by atoms with E-state index in [1.54, 1.807) is 0 Å². The highest BCUT2D eigenvalue weighted by Gasteiger charge is 2.15. The maximum atomic E-state index is 8.37. The highest BCUT2D eigenvalue weighted by Crippen LogP contribution is 2.19. The molecule has 3 heteroatoms. The zero-order valence-corrected chi connectivity index (χ0v) is 6.52. The Labute approximate surface area is 61.6 Å². The topological polar surface area (TPSA) is 56.0 Å². The normalized spacial score (nSPS) is 11.0. The van der Waals surface area contributed by atoms with Gasteiger partial charge in [0.05, 0.1) is 6.07 Å². The van der Waals surface area contributed by atoms with Crippen LogP contribution in [0, 0.1) is 16.7 Å². The van der Waals surface area contributed by atoms with Crippen molar-refractivity contribution in [1.29, 1.82) is 5.26 Å². The molecule has 0 aliphatic rings. The molecule has 0 aliphatic carbocycles. The number of hydrogen-bond donors (Lipinski definition) is 2. The average molecular weight is 142 g/mol. The summed E-state index contributed by atoms with van der Waals surface area (Å²) < 4.78 is 0. The highest BCUT2D eigenvalue weighted by molar-refractivity contribution is 4.77. The average Bonchev–Trinajstić information content (AvgIpc) is 1.84. The summed E-state index contributed by atoms with van der Waals surface area (Å²) in [5.41, 5.74) is 2.13. The van der Waals surface area contributed by atoms with Gasteiger partial charge >= 0.3 is 0 Å². The first kappa shape index (κ1) is 9.41. The zero-order valence-electron chi connectivity index (χ0n) is 6.52. The Bertz CT molecular complexity index is 126. The third-order valence-electron chi connectivity index (χ3n) is 1.47. The van der Waals surface area contributed by atoms with Crippen LogP contribution in [-0.2, 0) is 0 Å². The summed E-state index contributed by atoms with van der Waals surface area (Å²) in [6, 6.07) is 2.07. The van der Waals surface area contributed by atoms with Crippen LogP contribution in [0.5, 0.6) is 0 Å². The summed E-state index contributed by atoms with van der Waals surface area (Å²) in [5, 5.41) is 16.6. The number of rotatable bonds is 4. The second kappa shape index (κ2) is 4.26. The quantitative estimate of drug-likeness (QED) is 0.581. The van der Waals surface area contributed by atoms with Crippen LogP contribution in [0.1, 0.15) is 26.7 Å². The fourth-order valence-electron chi connectivity index (χ4n) is 0.697. The van der Waals surface area contributed by atoms with Crippen molar-refractivity contribution in [1.82, 2.24) is 5.48 Å². The van der Waals surface area contributed by atoms with Crippen LogP contribution in [0.2, 0.25) is 0 Å². The van der Waals surface area contributed by atoms with E-state index in [4.69, 9.17) is 10.5 Å². The largest absolute Gasteiger partial charge is 0.317 e. The third kappa shape index (κ3) is 4.30. The summed E-state index contributed by atoms with van der Waals surface area (Å²) in [4.78, 5) is 0. The number of hydroxylamine groups is 1. The number of nitriles is 1. The van der Waals surface area contributed by atoms with Gasteiger partial charge in [0.25, 0.3) is 0 Å². The van der Waals surface area contributed by atoms with E-state index in [1.165, 1.54) is 0 Å². The molecule has 0 saturated heterocycles. The van der Waals surface area contributed by atoms with E-state index < -0.39 is 0 Å². The van der Waals surface area contributed by atoms with Gasteiger partial charge in [0, 0.05) is 13.0 Å². The van der Waals surface area contributed by atoms with Crippen molar-refractivity contribution >= 4 is 0 Å². The fraction of sp³-hybridized carbons (Fsp3) is 0.857. The van der Waals surface area contributed by atoms with Crippen LogP contribution in [0.4, 0.5) is 0 Å². The number of hydrogen-bond acceptors (Lipinski definition) is 3. The molecule has 0 unspecified atom stereocenters. The summed E-state index contributed by atoms with van der Waals surface area (Å²) in [6.45, 7) is 4.55. The van der Waals surface area contributed by atoms with Crippen molar-refractivity contribution in [3.63, 3.8) is 0 Å². The highest BCUT2D eigenvalue weighted by atomic mass is 16.5. The molecule has 0 rings (SSSR count). The van der Waals surface area contributed by atoms with Gasteiger partial charge in [0.2, 0.25) is 0 Å². The van der Waals surface area contributed by atoms with Gasteiger partial charge in [0.15, 0.2) is 0 Å². The fourth-order valence-corrected chi connectivity index (χ4v) is 0.697. The first-order valence-electron chi connectivity index (χ1n) is 3.36. The Morgan fingerprint density at radius 3 is 2.60 bits per heavy atom. The van der Waals surface area contributed by atoms with Gasteiger partial charge in [-0.15, -0.1) is 0 Å². The molecular formula is C7H14N2O. The molecule has 0 fully saturated rings. The maximum Gasteiger partial charge on any atom is 0.0621 e. The zero-order chi connectivity index (χ0) is 8.04. The van der Waals surface area contributed by atoms with Crippen LogP contribution in [0.25, 0.3) is 0 Å². The summed E-state index contributed by atoms with van der Waals surface area (Å²) >= 11 is 0. The number of nitrogens with one attached hydrogen (secondary N) is 1. The van der Waals surface area contributed by atoms with Gasteiger partial charge in [0.1, 0.15) is 0 Å². The van der Waals surface area contributed by atoms with Gasteiger partial charge in [-0.2, -0.15) is 5.26 Å². The molecule has 2 N–H and O–H groups in total. The molecule has 0 saturated carbocycles. The van der Waals surface area contributed by atoms with E-state index in [0.29, 0.717) is 13.0 Å². The lowest BCUT2D eigenvalue weighted by Gasteiger charge is -2.21. The lowest BCUT2D eigenvalue weighted by molar-refractivity contribution is 0.121. The van der Waals surface area contributed by atoms with E-state index in [0.717, 1.165) is 6.42 Å². The van der Waals surface area contributed by atoms with Gasteiger partial charge in [-0.1, -0.05) is 13.8 Å². The standard InChI is InChI=1S/C7H14N2O/c1-7(2,6-9-10)4-3-5-8/h9-10H,3-4,6H2,1-2H3. The molecule has 3 nitrogen and oxygen atoms in total. The maximum absolute atomic E-state index is 8.37. The molecule has 0 spiro atoms. The van der Waals surface area contributed by atoms with E-state index in [1.807, 2.05) is 13.8 Å². The molecular weight excluding hydrogens is 128 g/mol. The molecule has 0 bridgehead atoms. The minimum atomic E-state index is 0.0183. The lowest BCUT2D eigenvalue weighted by atomic mass is 9.88. The first-order valence-corrected chi connectivity index (χ1v) is 3.36. The Morgan fingerprint density at radius 2 is 2.20 bits per heavy atom. The monoisotopic (exact) mass is 142 g/mol. The Hall–Kier alpha value is -0.590. The van der Waals surface area contributed by atoms with Gasteiger partial charge in [-0.25, -0.2) is 5.48 Å². The predicted molar refractivity (Wildman–Crippen MR) is 38.4 cm³/mol. The van der Waals surface area contributed by atoms with E-state index in [9.17, 15) is 0 Å². The van der Waals surface area contributed by atoms with Crippen molar-refractivity contribution in [3.8, 4) is 6.07 Å². The van der Waals surface area contributed by atoms with Crippen molar-refractivity contribution < 1.29 is 5.21 Å². The summed E-state index contributed by atoms with van der Waals surface area (Å²) in [6.07, 6.45) is 1.37. The second-order valence-corrected chi connectivity index (χ2v) is 3.16. The van der Waals surface area contributed by atoms with Crippen molar-refractivity contribution in [2.75, 3.05) is 6.54 Å². The van der Waals surface area contributed by atoms with Crippen molar-refractivity contribution in [2.24, 2.45) is 5.41 Å². The van der Waals surface area contributed by atoms with Gasteiger partial charge in [-0.05, 0) is 11.8 Å². The Kier molecular flexibility index (Phi) is 4.01. The second-order valence-electron chi connectivity index (χ2n) is 3.16. The minimum absolute atomic E-state index is 0.0183.